The third-order valence-electron chi connectivity index (χ3n) is 3.88. The number of alkyl halides is 3. The van der Waals surface area contributed by atoms with Crippen LogP contribution in [-0.2, 0) is 6.18 Å². The zero-order chi connectivity index (χ0) is 23.5. The van der Waals surface area contributed by atoms with E-state index in [1.54, 1.807) is 6.07 Å². The summed E-state index contributed by atoms with van der Waals surface area (Å²) in [5.74, 6) is -0.730. The van der Waals surface area contributed by atoms with Gasteiger partial charge < -0.3 is 10.1 Å². The Morgan fingerprint density at radius 2 is 1.62 bits per heavy atom. The van der Waals surface area contributed by atoms with Crippen molar-refractivity contribution in [1.82, 2.24) is 10.3 Å². The third kappa shape index (κ3) is 5.82. The molecule has 0 unspecified atom stereocenters. The molecule has 2 N–H and O–H groups in total. The lowest BCUT2D eigenvalue weighted by atomic mass is 10.2. The standard InChI is InChI=1S/C20H11Cl3F3N3O3/c21-13-2-1-3-14(22)17(13)18(30)29-19(31)28-10-4-7-16(27-9-10)32-11-5-6-12(15(23)8-11)20(24,25)26/h1-9H,(H2,28,29,30,31). The topological polar surface area (TPSA) is 80.3 Å². The van der Waals surface area contributed by atoms with E-state index in [0.717, 1.165) is 18.2 Å². The van der Waals surface area contributed by atoms with Gasteiger partial charge in [-0.25, -0.2) is 9.78 Å². The number of hydrogen-bond acceptors (Lipinski definition) is 4. The molecular formula is C20H11Cl3F3N3O3. The molecular weight excluding hydrogens is 494 g/mol. The summed E-state index contributed by atoms with van der Waals surface area (Å²) in [6, 6.07) is 9.25. The van der Waals surface area contributed by atoms with E-state index in [4.69, 9.17) is 39.5 Å². The van der Waals surface area contributed by atoms with E-state index in [9.17, 15) is 22.8 Å². The van der Waals surface area contributed by atoms with Gasteiger partial charge in [-0.05, 0) is 30.3 Å². The number of ether oxygens (including phenoxy) is 1. The van der Waals surface area contributed by atoms with Crippen LogP contribution < -0.4 is 15.4 Å². The molecule has 0 atom stereocenters. The minimum absolute atomic E-state index is 0.0331. The van der Waals surface area contributed by atoms with Crippen LogP contribution in [0.2, 0.25) is 15.1 Å². The average molecular weight is 505 g/mol. The number of imide groups is 1. The van der Waals surface area contributed by atoms with Crippen molar-refractivity contribution in [2.45, 2.75) is 6.18 Å². The molecule has 0 radical (unpaired) electrons. The van der Waals surface area contributed by atoms with Crippen molar-refractivity contribution in [2.24, 2.45) is 0 Å². The predicted molar refractivity (Wildman–Crippen MR) is 114 cm³/mol. The quantitative estimate of drug-likeness (QED) is 0.409. The number of halogens is 6. The molecule has 0 bridgehead atoms. The summed E-state index contributed by atoms with van der Waals surface area (Å²) in [5, 5.41) is 4.10. The fraction of sp³-hybridized carbons (Fsp3) is 0.0500. The zero-order valence-electron chi connectivity index (χ0n) is 15.6. The number of anilines is 1. The third-order valence-corrected chi connectivity index (χ3v) is 4.82. The summed E-state index contributed by atoms with van der Waals surface area (Å²) in [6.07, 6.45) is -3.37. The van der Waals surface area contributed by atoms with Crippen molar-refractivity contribution < 1.29 is 27.5 Å². The van der Waals surface area contributed by atoms with Crippen LogP contribution in [-0.4, -0.2) is 16.9 Å². The number of urea groups is 1. The van der Waals surface area contributed by atoms with Crippen molar-refractivity contribution >= 4 is 52.4 Å². The van der Waals surface area contributed by atoms with Crippen LogP contribution in [0.5, 0.6) is 11.6 Å². The Hall–Kier alpha value is -3.01. The van der Waals surface area contributed by atoms with Crippen molar-refractivity contribution in [2.75, 3.05) is 5.32 Å². The molecule has 3 amide bonds. The van der Waals surface area contributed by atoms with Gasteiger partial charge in [0, 0.05) is 12.1 Å². The van der Waals surface area contributed by atoms with Crippen LogP contribution >= 0.6 is 34.8 Å². The normalized spacial score (nSPS) is 11.1. The molecule has 0 spiro atoms. The van der Waals surface area contributed by atoms with E-state index in [2.05, 4.69) is 15.6 Å². The molecule has 32 heavy (non-hydrogen) atoms. The SMILES string of the molecule is O=C(NC(=O)c1c(Cl)cccc1Cl)Nc1ccc(Oc2ccc(C(F)(F)F)c(Cl)c2)nc1. The van der Waals surface area contributed by atoms with E-state index < -0.39 is 28.7 Å². The monoisotopic (exact) mass is 503 g/mol. The van der Waals surface area contributed by atoms with Crippen LogP contribution in [0.15, 0.2) is 54.7 Å². The molecule has 1 aromatic heterocycles. The number of rotatable bonds is 4. The van der Waals surface area contributed by atoms with E-state index in [1.807, 2.05) is 0 Å². The fourth-order valence-electron chi connectivity index (χ4n) is 2.47. The Bertz CT molecular complexity index is 1150. The van der Waals surface area contributed by atoms with Gasteiger partial charge in [0.15, 0.2) is 0 Å². The number of benzene rings is 2. The summed E-state index contributed by atoms with van der Waals surface area (Å²) < 4.78 is 43.6. The zero-order valence-corrected chi connectivity index (χ0v) is 17.9. The molecule has 0 aliphatic heterocycles. The summed E-state index contributed by atoms with van der Waals surface area (Å²) in [4.78, 5) is 28.2. The summed E-state index contributed by atoms with van der Waals surface area (Å²) in [7, 11) is 0. The number of carbonyl (C=O) groups is 2. The van der Waals surface area contributed by atoms with Crippen LogP contribution in [0.3, 0.4) is 0 Å². The molecule has 3 aromatic rings. The van der Waals surface area contributed by atoms with E-state index in [0.29, 0.717) is 0 Å². The van der Waals surface area contributed by atoms with E-state index in [1.165, 1.54) is 30.5 Å². The van der Waals surface area contributed by atoms with Gasteiger partial charge in [-0.2, -0.15) is 13.2 Å². The van der Waals surface area contributed by atoms with Gasteiger partial charge in [-0.15, -0.1) is 0 Å². The van der Waals surface area contributed by atoms with Crippen molar-refractivity contribution in [3.05, 3.63) is 80.9 Å². The number of nitrogens with zero attached hydrogens (tertiary/aromatic N) is 1. The first-order valence-electron chi connectivity index (χ1n) is 8.61. The maximum atomic E-state index is 12.8. The van der Waals surface area contributed by atoms with Gasteiger partial charge in [-0.3, -0.25) is 10.1 Å². The first kappa shape index (κ1) is 23.6. The highest BCUT2D eigenvalue weighted by Crippen LogP contribution is 2.37. The molecule has 0 aliphatic carbocycles. The van der Waals surface area contributed by atoms with Crippen molar-refractivity contribution in [3.8, 4) is 11.6 Å². The second-order valence-corrected chi connectivity index (χ2v) is 7.35. The van der Waals surface area contributed by atoms with Gasteiger partial charge in [-0.1, -0.05) is 40.9 Å². The molecule has 0 aliphatic rings. The first-order valence-corrected chi connectivity index (χ1v) is 9.75. The number of aromatic nitrogens is 1. The molecule has 3 rings (SSSR count). The van der Waals surface area contributed by atoms with E-state index in [-0.39, 0.29) is 32.9 Å². The lowest BCUT2D eigenvalue weighted by Gasteiger charge is -2.11. The van der Waals surface area contributed by atoms with Gasteiger partial charge in [0.2, 0.25) is 5.88 Å². The van der Waals surface area contributed by atoms with Crippen molar-refractivity contribution in [3.63, 3.8) is 0 Å². The van der Waals surface area contributed by atoms with Crippen molar-refractivity contribution in [1.29, 1.82) is 0 Å². The highest BCUT2D eigenvalue weighted by molar-refractivity contribution is 6.40. The maximum Gasteiger partial charge on any atom is 0.417 e. The largest absolute Gasteiger partial charge is 0.439 e. The fourth-order valence-corrected chi connectivity index (χ4v) is 3.31. The van der Waals surface area contributed by atoms with Crippen LogP contribution in [0.25, 0.3) is 0 Å². The lowest BCUT2D eigenvalue weighted by molar-refractivity contribution is -0.137. The molecule has 0 saturated heterocycles. The van der Waals surface area contributed by atoms with Gasteiger partial charge in [0.05, 0.1) is 38.1 Å². The molecule has 2 aromatic carbocycles. The number of carbonyl (C=O) groups excluding carboxylic acids is 2. The number of amides is 3. The predicted octanol–water partition coefficient (Wildman–Crippen LogP) is 6.81. The number of nitrogens with one attached hydrogen (secondary N) is 2. The Kier molecular flexibility index (Phi) is 7.12. The number of hydrogen-bond donors (Lipinski definition) is 2. The first-order chi connectivity index (χ1) is 15.0. The van der Waals surface area contributed by atoms with Gasteiger partial charge >= 0.3 is 12.2 Å². The molecule has 6 nitrogen and oxygen atoms in total. The Balaban J connectivity index is 1.62. The Morgan fingerprint density at radius 1 is 0.938 bits per heavy atom. The smallest absolute Gasteiger partial charge is 0.417 e. The maximum absolute atomic E-state index is 12.8. The molecule has 0 saturated carbocycles. The lowest BCUT2D eigenvalue weighted by Crippen LogP contribution is -2.34. The number of pyridine rings is 1. The second kappa shape index (κ2) is 9.64. The van der Waals surface area contributed by atoms with Crippen LogP contribution in [0, 0.1) is 0 Å². The Labute approximate surface area is 194 Å². The van der Waals surface area contributed by atoms with Gasteiger partial charge in [0.25, 0.3) is 5.91 Å². The summed E-state index contributed by atoms with van der Waals surface area (Å²) in [5.41, 5.74) is -0.834. The highest BCUT2D eigenvalue weighted by atomic mass is 35.5. The van der Waals surface area contributed by atoms with E-state index >= 15 is 0 Å². The minimum Gasteiger partial charge on any atom is -0.439 e. The molecule has 166 valence electrons. The molecule has 1 heterocycles. The Morgan fingerprint density at radius 3 is 2.19 bits per heavy atom. The van der Waals surface area contributed by atoms with Gasteiger partial charge in [0.1, 0.15) is 5.75 Å². The molecule has 12 heteroatoms. The highest BCUT2D eigenvalue weighted by Gasteiger charge is 2.33. The average Bonchev–Trinajstić information content (AvgIpc) is 2.68. The minimum atomic E-state index is -4.58. The summed E-state index contributed by atoms with van der Waals surface area (Å²) >= 11 is 17.5. The van der Waals surface area contributed by atoms with Crippen LogP contribution in [0.1, 0.15) is 15.9 Å². The molecule has 0 fully saturated rings. The van der Waals surface area contributed by atoms with Crippen LogP contribution in [0.4, 0.5) is 23.7 Å². The summed E-state index contributed by atoms with van der Waals surface area (Å²) in [6.45, 7) is 0. The second-order valence-electron chi connectivity index (χ2n) is 6.13.